The van der Waals surface area contributed by atoms with Crippen molar-refractivity contribution in [1.29, 1.82) is 0 Å². The summed E-state index contributed by atoms with van der Waals surface area (Å²) < 4.78 is 1.25. The molecule has 1 aliphatic carbocycles. The van der Waals surface area contributed by atoms with Crippen LogP contribution in [-0.4, -0.2) is 0 Å². The second kappa shape index (κ2) is 2.10. The Balaban J connectivity index is 2.28. The van der Waals surface area contributed by atoms with Gasteiger partial charge in [0, 0.05) is 4.88 Å². The molecule has 0 bridgehead atoms. The topological polar surface area (TPSA) is 0 Å². The van der Waals surface area contributed by atoms with Crippen LogP contribution in [0.1, 0.15) is 17.2 Å². The highest BCUT2D eigenvalue weighted by Gasteiger charge is 2.24. The molecule has 0 aromatic carbocycles. The van der Waals surface area contributed by atoms with Gasteiger partial charge in [0.25, 0.3) is 0 Å². The zero-order valence-electron chi connectivity index (χ0n) is 4.80. The van der Waals surface area contributed by atoms with Gasteiger partial charge in [-0.1, -0.05) is 0 Å². The predicted molar refractivity (Wildman–Crippen MR) is 43.7 cm³/mol. The zero-order valence-corrected chi connectivity index (χ0v) is 7.21. The van der Waals surface area contributed by atoms with Crippen LogP contribution < -0.4 is 0 Å². The lowest BCUT2D eigenvalue weighted by Crippen LogP contribution is -1.63. The molecule has 1 atom stereocenters. The van der Waals surface area contributed by atoms with Crippen molar-refractivity contribution in [3.63, 3.8) is 0 Å². The van der Waals surface area contributed by atoms with Gasteiger partial charge in [0.05, 0.1) is 3.79 Å². The lowest BCUT2D eigenvalue weighted by Gasteiger charge is -1.83. The van der Waals surface area contributed by atoms with E-state index in [1.807, 2.05) is 11.3 Å². The smallest absolute Gasteiger partial charge is 0.0701 e. The second-order valence-corrected chi connectivity index (χ2v) is 4.71. The summed E-state index contributed by atoms with van der Waals surface area (Å²) in [5.74, 6) is 0.793. The van der Waals surface area contributed by atoms with Crippen molar-refractivity contribution in [2.24, 2.45) is 0 Å². The Hall–Kier alpha value is 0.180. The van der Waals surface area contributed by atoms with Crippen molar-refractivity contribution in [1.82, 2.24) is 0 Å². The van der Waals surface area contributed by atoms with E-state index in [1.165, 1.54) is 15.1 Å². The molecular weight excluding hydrogens is 196 g/mol. The van der Waals surface area contributed by atoms with Gasteiger partial charge in [-0.3, -0.25) is 0 Å². The van der Waals surface area contributed by atoms with Gasteiger partial charge in [-0.05, 0) is 46.8 Å². The van der Waals surface area contributed by atoms with E-state index in [4.69, 9.17) is 0 Å². The lowest BCUT2D eigenvalue weighted by molar-refractivity contribution is 1.21. The number of halogens is 1. The maximum absolute atomic E-state index is 3.43. The molecule has 1 fully saturated rings. The third-order valence-corrected chi connectivity index (χ3v) is 3.19. The Labute approximate surface area is 67.0 Å². The molecule has 0 saturated heterocycles. The minimum absolute atomic E-state index is 0.793. The van der Waals surface area contributed by atoms with Crippen molar-refractivity contribution < 1.29 is 0 Å². The molecular formula is C7H6BrS. The second-order valence-electron chi connectivity index (χ2n) is 2.22. The standard InChI is InChI=1S/C7H6BrS/c8-7-4-3-6(9-7)5-1-2-5/h1,3-5H,2H2. The Kier molecular flexibility index (Phi) is 1.38. The minimum atomic E-state index is 0.793. The zero-order chi connectivity index (χ0) is 6.27. The van der Waals surface area contributed by atoms with Gasteiger partial charge in [0.1, 0.15) is 0 Å². The number of thiophene rings is 1. The first-order valence-electron chi connectivity index (χ1n) is 2.95. The van der Waals surface area contributed by atoms with E-state index in [0.717, 1.165) is 5.92 Å². The van der Waals surface area contributed by atoms with Crippen LogP contribution in [0.25, 0.3) is 0 Å². The Morgan fingerprint density at radius 1 is 1.56 bits per heavy atom. The molecule has 0 N–H and O–H groups in total. The van der Waals surface area contributed by atoms with Crippen molar-refractivity contribution in [2.75, 3.05) is 0 Å². The van der Waals surface area contributed by atoms with Gasteiger partial charge in [-0.25, -0.2) is 0 Å². The fourth-order valence-corrected chi connectivity index (χ4v) is 2.36. The first-order valence-corrected chi connectivity index (χ1v) is 4.56. The highest BCUT2D eigenvalue weighted by Crippen LogP contribution is 2.42. The molecule has 1 heterocycles. The maximum Gasteiger partial charge on any atom is 0.0701 e. The van der Waals surface area contributed by atoms with E-state index in [0.29, 0.717) is 0 Å². The third-order valence-electron chi connectivity index (χ3n) is 1.43. The predicted octanol–water partition coefficient (Wildman–Crippen LogP) is 3.20. The highest BCUT2D eigenvalue weighted by molar-refractivity contribution is 9.11. The quantitative estimate of drug-likeness (QED) is 0.655. The van der Waals surface area contributed by atoms with Crippen LogP contribution in [0.2, 0.25) is 0 Å². The summed E-state index contributed by atoms with van der Waals surface area (Å²) in [6, 6.07) is 4.31. The monoisotopic (exact) mass is 201 g/mol. The molecule has 0 amide bonds. The van der Waals surface area contributed by atoms with Gasteiger partial charge in [-0.2, -0.15) is 0 Å². The van der Waals surface area contributed by atoms with Crippen LogP contribution in [0.5, 0.6) is 0 Å². The van der Waals surface area contributed by atoms with Crippen LogP contribution >= 0.6 is 27.3 Å². The van der Waals surface area contributed by atoms with E-state index in [-0.39, 0.29) is 0 Å². The van der Waals surface area contributed by atoms with Gasteiger partial charge in [-0.15, -0.1) is 11.3 Å². The Morgan fingerprint density at radius 3 is 2.78 bits per heavy atom. The number of hydrogen-bond donors (Lipinski definition) is 0. The molecule has 9 heavy (non-hydrogen) atoms. The molecule has 1 unspecified atom stereocenters. The molecule has 0 aliphatic heterocycles. The SMILES string of the molecule is Brc1ccc(C2[CH]C2)s1. The van der Waals surface area contributed by atoms with Crippen molar-refractivity contribution in [2.45, 2.75) is 12.3 Å². The average molecular weight is 202 g/mol. The summed E-state index contributed by atoms with van der Waals surface area (Å²) in [5, 5.41) is 0. The third kappa shape index (κ3) is 1.19. The van der Waals surface area contributed by atoms with Gasteiger partial charge >= 0.3 is 0 Å². The van der Waals surface area contributed by atoms with Gasteiger partial charge in [0.15, 0.2) is 0 Å². The van der Waals surface area contributed by atoms with Crippen LogP contribution in [0, 0.1) is 6.42 Å². The van der Waals surface area contributed by atoms with Crippen LogP contribution in [-0.2, 0) is 0 Å². The van der Waals surface area contributed by atoms with E-state index in [1.54, 1.807) is 0 Å². The van der Waals surface area contributed by atoms with Gasteiger partial charge < -0.3 is 0 Å². The number of rotatable bonds is 1. The summed E-state index contributed by atoms with van der Waals surface area (Å²) in [6.45, 7) is 0. The van der Waals surface area contributed by atoms with Crippen LogP contribution in [0.15, 0.2) is 15.9 Å². The van der Waals surface area contributed by atoms with Crippen LogP contribution in [0.3, 0.4) is 0 Å². The van der Waals surface area contributed by atoms with Crippen LogP contribution in [0.4, 0.5) is 0 Å². The fraction of sp³-hybridized carbons (Fsp3) is 0.286. The molecule has 47 valence electrons. The van der Waals surface area contributed by atoms with Crippen molar-refractivity contribution in [3.8, 4) is 0 Å². The van der Waals surface area contributed by atoms with Crippen molar-refractivity contribution >= 4 is 27.3 Å². The summed E-state index contributed by atoms with van der Waals surface area (Å²) >= 11 is 5.28. The lowest BCUT2D eigenvalue weighted by atomic mass is 10.3. The van der Waals surface area contributed by atoms with E-state index >= 15 is 0 Å². The summed E-state index contributed by atoms with van der Waals surface area (Å²) in [5.41, 5.74) is 0. The summed E-state index contributed by atoms with van der Waals surface area (Å²) in [4.78, 5) is 1.50. The molecule has 1 radical (unpaired) electrons. The van der Waals surface area contributed by atoms with Crippen molar-refractivity contribution in [3.05, 3.63) is 27.2 Å². The Bertz CT molecular complexity index is 212. The highest BCUT2D eigenvalue weighted by atomic mass is 79.9. The molecule has 2 heteroatoms. The maximum atomic E-state index is 3.43. The normalized spacial score (nSPS) is 18.3. The first-order chi connectivity index (χ1) is 4.36. The molecule has 2 rings (SSSR count). The molecule has 1 aromatic rings. The first kappa shape index (κ1) is 5.93. The Morgan fingerprint density at radius 2 is 2.33 bits per heavy atom. The largest absolute Gasteiger partial charge is 0.133 e. The van der Waals surface area contributed by atoms with E-state index in [9.17, 15) is 0 Å². The molecule has 1 aliphatic rings. The average Bonchev–Trinajstić information content (AvgIpc) is 2.58. The molecule has 1 saturated carbocycles. The minimum Gasteiger partial charge on any atom is -0.133 e. The molecule has 0 spiro atoms. The number of hydrogen-bond acceptors (Lipinski definition) is 1. The van der Waals surface area contributed by atoms with Gasteiger partial charge in [0.2, 0.25) is 0 Å². The molecule has 1 aromatic heterocycles. The summed E-state index contributed by atoms with van der Waals surface area (Å²) in [6.07, 6.45) is 3.62. The molecule has 0 nitrogen and oxygen atoms in total. The van der Waals surface area contributed by atoms with E-state index < -0.39 is 0 Å². The van der Waals surface area contributed by atoms with E-state index in [2.05, 4.69) is 34.5 Å². The summed E-state index contributed by atoms with van der Waals surface area (Å²) in [7, 11) is 0. The fourth-order valence-electron chi connectivity index (χ4n) is 0.828.